The van der Waals surface area contributed by atoms with Gasteiger partial charge in [0.1, 0.15) is 0 Å². The fourth-order valence-electron chi connectivity index (χ4n) is 3.46. The molecule has 8 heteroatoms. The standard InChI is InChI=1S/C20H23N3O3S2/c24-19(12-18-20(25)22-14-4-1-2-5-16(14)28-18)21-13-15(17-6-3-11-27-17)23-7-9-26-10-8-23/h1-6,11,15,18H,7-10,12-13H2,(H,21,24)(H,22,25). The number of benzene rings is 1. The molecule has 2 N–H and O–H groups in total. The van der Waals surface area contributed by atoms with Crippen molar-refractivity contribution in [3.63, 3.8) is 0 Å². The zero-order valence-corrected chi connectivity index (χ0v) is 17.1. The molecule has 0 aliphatic carbocycles. The number of thiophene rings is 1. The lowest BCUT2D eigenvalue weighted by molar-refractivity contribution is -0.124. The third-order valence-corrected chi connectivity index (χ3v) is 7.18. The second-order valence-corrected chi connectivity index (χ2v) is 9.00. The minimum absolute atomic E-state index is 0.0955. The number of fused-ring (bicyclic) bond motifs is 1. The van der Waals surface area contributed by atoms with Gasteiger partial charge in [-0.1, -0.05) is 18.2 Å². The van der Waals surface area contributed by atoms with Gasteiger partial charge >= 0.3 is 0 Å². The van der Waals surface area contributed by atoms with Gasteiger partial charge in [-0.15, -0.1) is 23.1 Å². The first kappa shape index (κ1) is 19.4. The topological polar surface area (TPSA) is 70.7 Å². The Morgan fingerprint density at radius 2 is 2.07 bits per heavy atom. The largest absolute Gasteiger partial charge is 0.379 e. The van der Waals surface area contributed by atoms with Crippen LogP contribution in [0.2, 0.25) is 0 Å². The Morgan fingerprint density at radius 3 is 2.86 bits per heavy atom. The van der Waals surface area contributed by atoms with Crippen molar-refractivity contribution in [1.82, 2.24) is 10.2 Å². The van der Waals surface area contributed by atoms with Crippen molar-refractivity contribution in [2.75, 3.05) is 38.2 Å². The van der Waals surface area contributed by atoms with E-state index in [0.29, 0.717) is 19.8 Å². The number of nitrogens with one attached hydrogen (secondary N) is 2. The fourth-order valence-corrected chi connectivity index (χ4v) is 5.43. The molecule has 2 amide bonds. The molecule has 3 heterocycles. The maximum absolute atomic E-state index is 12.6. The average Bonchev–Trinajstić information content (AvgIpc) is 3.24. The van der Waals surface area contributed by atoms with E-state index in [9.17, 15) is 9.59 Å². The van der Waals surface area contributed by atoms with Crippen molar-refractivity contribution < 1.29 is 14.3 Å². The molecular formula is C20H23N3O3S2. The summed E-state index contributed by atoms with van der Waals surface area (Å²) in [5.41, 5.74) is 0.819. The third kappa shape index (κ3) is 4.57. The predicted molar refractivity (Wildman–Crippen MR) is 112 cm³/mol. The first-order chi connectivity index (χ1) is 13.7. The van der Waals surface area contributed by atoms with Crippen LogP contribution in [0.15, 0.2) is 46.7 Å². The molecule has 1 saturated heterocycles. The second kappa shape index (κ2) is 9.09. The molecule has 28 heavy (non-hydrogen) atoms. The summed E-state index contributed by atoms with van der Waals surface area (Å²) in [5, 5.41) is 7.60. The van der Waals surface area contributed by atoms with E-state index in [-0.39, 0.29) is 24.3 Å². The Balaban J connectivity index is 1.35. The molecule has 148 valence electrons. The van der Waals surface area contributed by atoms with Crippen LogP contribution in [-0.4, -0.2) is 54.8 Å². The average molecular weight is 418 g/mol. The molecule has 1 fully saturated rings. The van der Waals surface area contributed by atoms with Gasteiger partial charge in [-0.2, -0.15) is 0 Å². The van der Waals surface area contributed by atoms with Crippen LogP contribution in [0.4, 0.5) is 5.69 Å². The van der Waals surface area contributed by atoms with Crippen LogP contribution in [0.25, 0.3) is 0 Å². The zero-order chi connectivity index (χ0) is 19.3. The Hall–Kier alpha value is -1.87. The maximum atomic E-state index is 12.6. The molecule has 1 aromatic heterocycles. The minimum atomic E-state index is -0.404. The molecule has 6 nitrogen and oxygen atoms in total. The van der Waals surface area contributed by atoms with Gasteiger partial charge in [-0.25, -0.2) is 0 Å². The van der Waals surface area contributed by atoms with Gasteiger partial charge in [0.15, 0.2) is 0 Å². The summed E-state index contributed by atoms with van der Waals surface area (Å²) >= 11 is 3.16. The highest BCUT2D eigenvalue weighted by Gasteiger charge is 2.29. The van der Waals surface area contributed by atoms with Crippen LogP contribution in [0.5, 0.6) is 0 Å². The number of rotatable bonds is 6. The second-order valence-electron chi connectivity index (χ2n) is 6.78. The lowest BCUT2D eigenvalue weighted by atomic mass is 10.1. The molecule has 2 atom stereocenters. The number of amides is 2. The molecule has 0 bridgehead atoms. The number of anilines is 1. The van der Waals surface area contributed by atoms with E-state index >= 15 is 0 Å². The first-order valence-electron chi connectivity index (χ1n) is 9.39. The summed E-state index contributed by atoms with van der Waals surface area (Å²) in [7, 11) is 0. The molecule has 0 spiro atoms. The Bertz CT molecular complexity index is 822. The predicted octanol–water partition coefficient (Wildman–Crippen LogP) is 2.74. The van der Waals surface area contributed by atoms with Crippen LogP contribution < -0.4 is 10.6 Å². The number of hydrogen-bond donors (Lipinski definition) is 2. The molecule has 0 saturated carbocycles. The van der Waals surface area contributed by atoms with E-state index < -0.39 is 5.25 Å². The number of ether oxygens (including phenoxy) is 1. The van der Waals surface area contributed by atoms with Crippen molar-refractivity contribution in [3.05, 3.63) is 46.7 Å². The minimum Gasteiger partial charge on any atom is -0.379 e. The third-order valence-electron chi connectivity index (χ3n) is 4.93. The van der Waals surface area contributed by atoms with Crippen LogP contribution in [0, 0.1) is 0 Å². The van der Waals surface area contributed by atoms with Crippen LogP contribution >= 0.6 is 23.1 Å². The summed E-state index contributed by atoms with van der Waals surface area (Å²) < 4.78 is 5.46. The van der Waals surface area contributed by atoms with Gasteiger partial charge in [0, 0.05) is 35.8 Å². The van der Waals surface area contributed by atoms with Crippen molar-refractivity contribution >= 4 is 40.6 Å². The monoisotopic (exact) mass is 417 g/mol. The molecule has 1 aromatic carbocycles. The summed E-state index contributed by atoms with van der Waals surface area (Å²) in [4.78, 5) is 29.5. The highest BCUT2D eigenvalue weighted by atomic mass is 32.2. The highest BCUT2D eigenvalue weighted by molar-refractivity contribution is 8.01. The van der Waals surface area contributed by atoms with E-state index in [0.717, 1.165) is 23.7 Å². The number of para-hydroxylation sites is 1. The SMILES string of the molecule is O=C(CC1Sc2ccccc2NC1=O)NCC(c1cccs1)N1CCOCC1. The van der Waals surface area contributed by atoms with E-state index in [1.54, 1.807) is 11.3 Å². The van der Waals surface area contributed by atoms with Gasteiger partial charge < -0.3 is 15.4 Å². The number of morpholine rings is 1. The summed E-state index contributed by atoms with van der Waals surface area (Å²) in [5.74, 6) is -0.205. The van der Waals surface area contributed by atoms with Crippen molar-refractivity contribution in [2.45, 2.75) is 22.6 Å². The van der Waals surface area contributed by atoms with Crippen molar-refractivity contribution in [1.29, 1.82) is 0 Å². The van der Waals surface area contributed by atoms with Gasteiger partial charge in [-0.05, 0) is 23.6 Å². The molecule has 2 unspecified atom stereocenters. The molecule has 4 rings (SSSR count). The number of hydrogen-bond acceptors (Lipinski definition) is 6. The van der Waals surface area contributed by atoms with Crippen LogP contribution in [-0.2, 0) is 14.3 Å². The van der Waals surface area contributed by atoms with Crippen molar-refractivity contribution in [2.24, 2.45) is 0 Å². The molecule has 0 radical (unpaired) electrons. The van der Waals surface area contributed by atoms with Gasteiger partial charge in [-0.3, -0.25) is 14.5 Å². The van der Waals surface area contributed by atoms with Gasteiger partial charge in [0.25, 0.3) is 0 Å². The normalized spacial score (nSPS) is 20.9. The summed E-state index contributed by atoms with van der Waals surface area (Å²) in [6.45, 7) is 3.68. The van der Waals surface area contributed by atoms with Crippen molar-refractivity contribution in [3.8, 4) is 0 Å². The Kier molecular flexibility index (Phi) is 6.31. The fraction of sp³-hybridized carbons (Fsp3) is 0.400. The number of thioether (sulfide) groups is 1. The Morgan fingerprint density at radius 1 is 1.25 bits per heavy atom. The smallest absolute Gasteiger partial charge is 0.238 e. The number of nitrogens with zero attached hydrogens (tertiary/aromatic N) is 1. The summed E-state index contributed by atoms with van der Waals surface area (Å²) in [6.07, 6.45) is 0.172. The van der Waals surface area contributed by atoms with Gasteiger partial charge in [0.2, 0.25) is 11.8 Å². The van der Waals surface area contributed by atoms with E-state index in [4.69, 9.17) is 4.74 Å². The maximum Gasteiger partial charge on any atom is 0.238 e. The zero-order valence-electron chi connectivity index (χ0n) is 15.4. The highest BCUT2D eigenvalue weighted by Crippen LogP contribution is 2.36. The lowest BCUT2D eigenvalue weighted by Gasteiger charge is -2.34. The molecule has 2 aromatic rings. The Labute approximate surface area is 172 Å². The van der Waals surface area contributed by atoms with Gasteiger partial charge in [0.05, 0.1) is 30.2 Å². The quantitative estimate of drug-likeness (QED) is 0.756. The summed E-state index contributed by atoms with van der Waals surface area (Å²) in [6, 6.07) is 12.0. The van der Waals surface area contributed by atoms with E-state index in [2.05, 4.69) is 27.0 Å². The molecule has 2 aliphatic heterocycles. The van der Waals surface area contributed by atoms with Crippen LogP contribution in [0.3, 0.4) is 0 Å². The first-order valence-corrected chi connectivity index (χ1v) is 11.1. The molecule has 2 aliphatic rings. The van der Waals surface area contributed by atoms with E-state index in [1.165, 1.54) is 16.6 Å². The number of carbonyl (C=O) groups excluding carboxylic acids is 2. The van der Waals surface area contributed by atoms with Crippen LogP contribution in [0.1, 0.15) is 17.3 Å². The van der Waals surface area contributed by atoms with E-state index in [1.807, 2.05) is 30.3 Å². The number of carbonyl (C=O) groups is 2. The molecular weight excluding hydrogens is 394 g/mol. The lowest BCUT2D eigenvalue weighted by Crippen LogP contribution is -2.44.